The second-order valence-corrected chi connectivity index (χ2v) is 7.90. The van der Waals surface area contributed by atoms with Gasteiger partial charge in [-0.1, -0.05) is 0 Å². The Hall–Kier alpha value is -3.15. The molecule has 1 atom stereocenters. The number of hydrogen-bond acceptors (Lipinski definition) is 3. The van der Waals surface area contributed by atoms with Crippen molar-refractivity contribution in [3.63, 3.8) is 0 Å². The lowest BCUT2D eigenvalue weighted by molar-refractivity contribution is 0.0668. The molecule has 1 saturated heterocycles. The molecule has 0 radical (unpaired) electrons. The molecule has 28 heavy (non-hydrogen) atoms. The van der Waals surface area contributed by atoms with Crippen molar-refractivity contribution in [3.05, 3.63) is 66.1 Å². The van der Waals surface area contributed by atoms with Gasteiger partial charge in [-0.05, 0) is 61.1 Å². The van der Waals surface area contributed by atoms with E-state index in [2.05, 4.69) is 15.3 Å². The summed E-state index contributed by atoms with van der Waals surface area (Å²) in [6, 6.07) is 11.5. The fourth-order valence-electron chi connectivity index (χ4n) is 4.37. The van der Waals surface area contributed by atoms with Crippen LogP contribution in [0.15, 0.2) is 55.0 Å². The third-order valence-electron chi connectivity index (χ3n) is 6.28. The number of fused-ring (bicyclic) bond motifs is 1. The van der Waals surface area contributed by atoms with Crippen molar-refractivity contribution in [3.8, 4) is 0 Å². The Morgan fingerprint density at radius 3 is 2.64 bits per heavy atom. The maximum absolute atomic E-state index is 12.9. The topological polar surface area (TPSA) is 78.1 Å². The van der Waals surface area contributed by atoms with Crippen LogP contribution in [0.3, 0.4) is 0 Å². The first-order valence-electron chi connectivity index (χ1n) is 9.72. The number of rotatable bonds is 3. The van der Waals surface area contributed by atoms with E-state index < -0.39 is 0 Å². The van der Waals surface area contributed by atoms with Crippen LogP contribution < -0.4 is 5.32 Å². The van der Waals surface area contributed by atoms with Gasteiger partial charge in [-0.15, -0.1) is 0 Å². The number of aromatic amines is 1. The molecular weight excluding hydrogens is 352 g/mol. The molecule has 5 rings (SSSR count). The van der Waals surface area contributed by atoms with Crippen LogP contribution in [0.25, 0.3) is 10.9 Å². The summed E-state index contributed by atoms with van der Waals surface area (Å²) in [5.74, 6) is 0.0542. The van der Waals surface area contributed by atoms with E-state index in [-0.39, 0.29) is 23.3 Å². The number of likely N-dealkylation sites (tertiary alicyclic amines) is 1. The molecule has 1 saturated carbocycles. The van der Waals surface area contributed by atoms with E-state index in [1.54, 1.807) is 24.5 Å². The van der Waals surface area contributed by atoms with Crippen molar-refractivity contribution in [2.75, 3.05) is 13.1 Å². The van der Waals surface area contributed by atoms with Crippen LogP contribution in [0.4, 0.5) is 0 Å². The quantitative estimate of drug-likeness (QED) is 0.740. The Balaban J connectivity index is 1.20. The molecule has 6 nitrogen and oxygen atoms in total. The highest BCUT2D eigenvalue weighted by Crippen LogP contribution is 2.54. The van der Waals surface area contributed by atoms with Crippen molar-refractivity contribution in [1.29, 1.82) is 0 Å². The molecule has 1 spiro atoms. The highest BCUT2D eigenvalue weighted by Gasteiger charge is 2.55. The van der Waals surface area contributed by atoms with Gasteiger partial charge >= 0.3 is 0 Å². The molecule has 6 heteroatoms. The Morgan fingerprint density at radius 2 is 1.86 bits per heavy atom. The number of pyridine rings is 1. The fourth-order valence-corrected chi connectivity index (χ4v) is 4.37. The zero-order chi connectivity index (χ0) is 19.1. The second kappa shape index (κ2) is 6.48. The van der Waals surface area contributed by atoms with E-state index in [9.17, 15) is 9.59 Å². The third kappa shape index (κ3) is 2.95. The first-order chi connectivity index (χ1) is 13.6. The monoisotopic (exact) mass is 374 g/mol. The largest absolute Gasteiger partial charge is 0.361 e. The molecule has 2 aromatic heterocycles. The highest BCUT2D eigenvalue weighted by atomic mass is 16.2. The number of aromatic nitrogens is 2. The van der Waals surface area contributed by atoms with Gasteiger partial charge in [-0.25, -0.2) is 0 Å². The van der Waals surface area contributed by atoms with E-state index >= 15 is 0 Å². The molecule has 3 aromatic rings. The molecular formula is C22H22N4O2. The summed E-state index contributed by atoms with van der Waals surface area (Å²) in [4.78, 5) is 34.3. The van der Waals surface area contributed by atoms with Gasteiger partial charge in [0.05, 0.1) is 0 Å². The summed E-state index contributed by atoms with van der Waals surface area (Å²) in [7, 11) is 0. The first kappa shape index (κ1) is 17.0. The Bertz CT molecular complexity index is 1030. The van der Waals surface area contributed by atoms with Crippen molar-refractivity contribution in [1.82, 2.24) is 20.2 Å². The van der Waals surface area contributed by atoms with Crippen LogP contribution in [-0.2, 0) is 0 Å². The van der Waals surface area contributed by atoms with E-state index in [4.69, 9.17) is 0 Å². The first-order valence-corrected chi connectivity index (χ1v) is 9.72. The van der Waals surface area contributed by atoms with Crippen LogP contribution in [0, 0.1) is 5.41 Å². The number of carbonyl (C=O) groups excluding carboxylic acids is 2. The maximum atomic E-state index is 12.9. The number of carbonyl (C=O) groups is 2. The predicted octanol–water partition coefficient (Wildman–Crippen LogP) is 2.99. The van der Waals surface area contributed by atoms with E-state index in [1.807, 2.05) is 35.4 Å². The lowest BCUT2D eigenvalue weighted by Crippen LogP contribution is -2.41. The van der Waals surface area contributed by atoms with Gasteiger partial charge in [0.25, 0.3) is 11.8 Å². The molecule has 2 amide bonds. The highest BCUT2D eigenvalue weighted by molar-refractivity contribution is 5.98. The van der Waals surface area contributed by atoms with Crippen LogP contribution in [0.1, 0.15) is 40.0 Å². The van der Waals surface area contributed by atoms with Crippen LogP contribution in [0.2, 0.25) is 0 Å². The molecule has 1 aliphatic heterocycles. The number of H-pyrrole nitrogens is 1. The van der Waals surface area contributed by atoms with Gasteiger partial charge in [0, 0.05) is 59.8 Å². The lowest BCUT2D eigenvalue weighted by Gasteiger charge is -2.33. The van der Waals surface area contributed by atoms with Gasteiger partial charge in [-0.2, -0.15) is 0 Å². The van der Waals surface area contributed by atoms with Gasteiger partial charge in [0.1, 0.15) is 0 Å². The fraction of sp³-hybridized carbons (Fsp3) is 0.318. The maximum Gasteiger partial charge on any atom is 0.253 e. The number of nitrogens with zero attached hydrogens (tertiary/aromatic N) is 2. The normalized spacial score (nSPS) is 20.3. The van der Waals surface area contributed by atoms with Crippen molar-refractivity contribution < 1.29 is 9.59 Å². The summed E-state index contributed by atoms with van der Waals surface area (Å²) < 4.78 is 0. The van der Waals surface area contributed by atoms with Gasteiger partial charge in [-0.3, -0.25) is 14.6 Å². The minimum Gasteiger partial charge on any atom is -0.361 e. The summed E-state index contributed by atoms with van der Waals surface area (Å²) in [5, 5.41) is 4.21. The summed E-state index contributed by atoms with van der Waals surface area (Å²) >= 11 is 0. The Labute approximate surface area is 163 Å². The lowest BCUT2D eigenvalue weighted by atomic mass is 9.92. The molecule has 2 aliphatic rings. The van der Waals surface area contributed by atoms with Crippen LogP contribution >= 0.6 is 0 Å². The number of hydrogen-bond donors (Lipinski definition) is 2. The van der Waals surface area contributed by atoms with Gasteiger partial charge in [0.15, 0.2) is 0 Å². The average molecular weight is 374 g/mol. The molecule has 1 aromatic carbocycles. The molecule has 2 fully saturated rings. The SMILES string of the molecule is O=C(NC1CC12CCN(C(=O)c1ccc3[nH]ccc3c1)CC2)c1ccncc1. The minimum atomic E-state index is -0.0393. The Kier molecular flexibility index (Phi) is 3.93. The molecule has 1 aliphatic carbocycles. The molecule has 2 N–H and O–H groups in total. The number of amides is 2. The van der Waals surface area contributed by atoms with Crippen LogP contribution in [-0.4, -0.2) is 45.8 Å². The summed E-state index contributed by atoms with van der Waals surface area (Å²) in [6.45, 7) is 1.48. The van der Waals surface area contributed by atoms with Crippen molar-refractivity contribution >= 4 is 22.7 Å². The minimum absolute atomic E-state index is 0.0393. The van der Waals surface area contributed by atoms with Crippen LogP contribution in [0.5, 0.6) is 0 Å². The van der Waals surface area contributed by atoms with Gasteiger partial charge in [0.2, 0.25) is 0 Å². The zero-order valence-electron chi connectivity index (χ0n) is 15.5. The van der Waals surface area contributed by atoms with Crippen molar-refractivity contribution in [2.45, 2.75) is 25.3 Å². The molecule has 1 unspecified atom stereocenters. The van der Waals surface area contributed by atoms with Gasteiger partial charge < -0.3 is 15.2 Å². The van der Waals surface area contributed by atoms with E-state index in [1.165, 1.54) is 0 Å². The zero-order valence-corrected chi connectivity index (χ0v) is 15.5. The number of benzene rings is 1. The molecule has 142 valence electrons. The predicted molar refractivity (Wildman–Crippen MR) is 106 cm³/mol. The van der Waals surface area contributed by atoms with Crippen molar-refractivity contribution in [2.24, 2.45) is 5.41 Å². The number of piperidine rings is 1. The molecule has 3 heterocycles. The Morgan fingerprint density at radius 1 is 1.07 bits per heavy atom. The summed E-state index contributed by atoms with van der Waals surface area (Å²) in [5.41, 5.74) is 2.58. The van der Waals surface area contributed by atoms with E-state index in [0.717, 1.165) is 48.8 Å². The average Bonchev–Trinajstić information content (AvgIpc) is 3.17. The standard InChI is InChI=1S/C22H22N4O2/c27-20(15-3-8-23-9-4-15)25-19-14-22(19)6-11-26(12-7-22)21(28)17-1-2-18-16(13-17)5-10-24-18/h1-5,8-10,13,19,24H,6-7,11-12,14H2,(H,25,27). The second-order valence-electron chi connectivity index (χ2n) is 7.90. The number of nitrogens with one attached hydrogen (secondary N) is 2. The summed E-state index contributed by atoms with van der Waals surface area (Å²) in [6.07, 6.45) is 8.02. The molecule has 0 bridgehead atoms. The van der Waals surface area contributed by atoms with E-state index in [0.29, 0.717) is 5.56 Å². The third-order valence-corrected chi connectivity index (χ3v) is 6.28. The smallest absolute Gasteiger partial charge is 0.253 e.